The third-order valence-electron chi connectivity index (χ3n) is 4.66. The lowest BCUT2D eigenvalue weighted by Gasteiger charge is -2.36. The normalized spacial score (nSPS) is 14.7. The van der Waals surface area contributed by atoms with Gasteiger partial charge in [0.15, 0.2) is 11.8 Å². The maximum atomic E-state index is 12.5. The van der Waals surface area contributed by atoms with Crippen LogP contribution >= 0.6 is 11.6 Å². The van der Waals surface area contributed by atoms with Crippen molar-refractivity contribution in [2.24, 2.45) is 0 Å². The van der Waals surface area contributed by atoms with Crippen molar-refractivity contribution in [1.82, 2.24) is 20.0 Å². The molecule has 7 nitrogen and oxygen atoms in total. The van der Waals surface area contributed by atoms with Gasteiger partial charge in [0.25, 0.3) is 11.8 Å². The molecule has 8 heteroatoms. The summed E-state index contributed by atoms with van der Waals surface area (Å²) >= 11 is 5.67. The Kier molecular flexibility index (Phi) is 6.24. The first-order chi connectivity index (χ1) is 13.0. The second-order valence-electron chi connectivity index (χ2n) is 6.38. The van der Waals surface area contributed by atoms with Gasteiger partial charge in [0.2, 0.25) is 5.88 Å². The summed E-state index contributed by atoms with van der Waals surface area (Å²) < 4.78 is 5.36. The Morgan fingerprint density at radius 1 is 1.15 bits per heavy atom. The number of carbonyl (C=O) groups is 2. The van der Waals surface area contributed by atoms with Crippen molar-refractivity contribution in [1.29, 1.82) is 0 Å². The largest absolute Gasteiger partial charge is 0.466 e. The van der Waals surface area contributed by atoms with E-state index < -0.39 is 0 Å². The van der Waals surface area contributed by atoms with Crippen molar-refractivity contribution in [3.05, 3.63) is 53.2 Å². The van der Waals surface area contributed by atoms with Gasteiger partial charge in [-0.05, 0) is 31.0 Å². The Hall–Kier alpha value is -2.67. The maximum Gasteiger partial charge on any atom is 0.260 e. The molecule has 1 saturated heterocycles. The lowest BCUT2D eigenvalue weighted by Crippen LogP contribution is -2.48. The average molecular weight is 389 g/mol. The lowest BCUT2D eigenvalue weighted by molar-refractivity contribution is -0.135. The molecule has 2 aromatic rings. The molecule has 1 fully saturated rings. The SMILES string of the molecule is CN(C(=O)COc1ccc(Cl)nn1)C1CCN(C(=O)c2ccccc2)CC1. The predicted octanol–water partition coefficient (Wildman–Crippen LogP) is 2.27. The van der Waals surface area contributed by atoms with Crippen molar-refractivity contribution in [3.8, 4) is 5.88 Å². The Labute approximate surface area is 162 Å². The zero-order valence-electron chi connectivity index (χ0n) is 15.0. The summed E-state index contributed by atoms with van der Waals surface area (Å²) in [7, 11) is 1.76. The van der Waals surface area contributed by atoms with Gasteiger partial charge in [0.05, 0.1) is 0 Å². The molecule has 0 radical (unpaired) electrons. The number of piperidine rings is 1. The number of nitrogens with zero attached hydrogens (tertiary/aromatic N) is 4. The molecule has 0 N–H and O–H groups in total. The Balaban J connectivity index is 1.47. The van der Waals surface area contributed by atoms with Gasteiger partial charge in [-0.25, -0.2) is 0 Å². The third-order valence-corrected chi connectivity index (χ3v) is 4.87. The Bertz CT molecular complexity index is 777. The van der Waals surface area contributed by atoms with E-state index in [-0.39, 0.29) is 35.5 Å². The van der Waals surface area contributed by atoms with Crippen LogP contribution in [0.1, 0.15) is 23.2 Å². The highest BCUT2D eigenvalue weighted by atomic mass is 35.5. The van der Waals surface area contributed by atoms with E-state index in [1.165, 1.54) is 0 Å². The highest BCUT2D eigenvalue weighted by Crippen LogP contribution is 2.18. The second kappa shape index (κ2) is 8.81. The number of aromatic nitrogens is 2. The first-order valence-electron chi connectivity index (χ1n) is 8.76. The molecule has 2 amide bonds. The van der Waals surface area contributed by atoms with Crippen LogP contribution in [0.25, 0.3) is 0 Å². The fourth-order valence-corrected chi connectivity index (χ4v) is 3.14. The van der Waals surface area contributed by atoms with Crippen LogP contribution in [-0.4, -0.2) is 64.6 Å². The number of ether oxygens (including phenoxy) is 1. The molecule has 1 aromatic heterocycles. The number of benzene rings is 1. The van der Waals surface area contributed by atoms with Crippen LogP contribution in [0.3, 0.4) is 0 Å². The fourth-order valence-electron chi connectivity index (χ4n) is 3.04. The summed E-state index contributed by atoms with van der Waals surface area (Å²) in [5.74, 6) is 0.150. The lowest BCUT2D eigenvalue weighted by atomic mass is 10.0. The third kappa shape index (κ3) is 4.95. The summed E-state index contributed by atoms with van der Waals surface area (Å²) in [6, 6.07) is 12.4. The standard InChI is InChI=1S/C19H21ClN4O3/c1-23(18(25)13-27-17-8-7-16(20)21-22-17)15-9-11-24(12-10-15)19(26)14-5-3-2-4-6-14/h2-8,15H,9-13H2,1H3. The summed E-state index contributed by atoms with van der Waals surface area (Å²) in [6.45, 7) is 1.13. The molecule has 142 valence electrons. The summed E-state index contributed by atoms with van der Waals surface area (Å²) in [5, 5.41) is 7.70. The topological polar surface area (TPSA) is 75.6 Å². The van der Waals surface area contributed by atoms with Crippen LogP contribution in [0, 0.1) is 0 Å². The van der Waals surface area contributed by atoms with Gasteiger partial charge in [0, 0.05) is 37.8 Å². The van der Waals surface area contributed by atoms with Crippen LogP contribution in [0.4, 0.5) is 0 Å². The minimum Gasteiger partial charge on any atom is -0.466 e. The van der Waals surface area contributed by atoms with Crippen LogP contribution < -0.4 is 4.74 Å². The number of hydrogen-bond acceptors (Lipinski definition) is 5. The summed E-state index contributed by atoms with van der Waals surface area (Å²) in [5.41, 5.74) is 0.692. The van der Waals surface area contributed by atoms with Gasteiger partial charge >= 0.3 is 0 Å². The summed E-state index contributed by atoms with van der Waals surface area (Å²) in [6.07, 6.45) is 1.48. The first-order valence-corrected chi connectivity index (χ1v) is 9.14. The molecule has 27 heavy (non-hydrogen) atoms. The molecular formula is C19H21ClN4O3. The van der Waals surface area contributed by atoms with Crippen LogP contribution in [0.2, 0.25) is 5.15 Å². The fraction of sp³-hybridized carbons (Fsp3) is 0.368. The van der Waals surface area contributed by atoms with Crippen LogP contribution in [-0.2, 0) is 4.79 Å². The van der Waals surface area contributed by atoms with E-state index in [0.29, 0.717) is 18.7 Å². The van der Waals surface area contributed by atoms with E-state index in [9.17, 15) is 9.59 Å². The number of amides is 2. The second-order valence-corrected chi connectivity index (χ2v) is 6.76. The van der Waals surface area contributed by atoms with Crippen molar-refractivity contribution < 1.29 is 14.3 Å². The van der Waals surface area contributed by atoms with Crippen LogP contribution in [0.15, 0.2) is 42.5 Å². The number of carbonyl (C=O) groups excluding carboxylic acids is 2. The predicted molar refractivity (Wildman–Crippen MR) is 101 cm³/mol. The monoisotopic (exact) mass is 388 g/mol. The number of likely N-dealkylation sites (tertiary alicyclic amines) is 1. The zero-order valence-corrected chi connectivity index (χ0v) is 15.8. The molecule has 0 aliphatic carbocycles. The van der Waals surface area contributed by atoms with Gasteiger partial charge in [-0.1, -0.05) is 29.8 Å². The zero-order chi connectivity index (χ0) is 19.2. The van der Waals surface area contributed by atoms with E-state index in [4.69, 9.17) is 16.3 Å². The van der Waals surface area contributed by atoms with Crippen molar-refractivity contribution in [2.75, 3.05) is 26.7 Å². The molecule has 0 spiro atoms. The van der Waals surface area contributed by atoms with E-state index in [1.54, 1.807) is 24.1 Å². The highest BCUT2D eigenvalue weighted by molar-refractivity contribution is 6.29. The number of rotatable bonds is 5. The number of likely N-dealkylation sites (N-methyl/N-ethyl adjacent to an activating group) is 1. The molecule has 2 heterocycles. The molecule has 0 unspecified atom stereocenters. The Morgan fingerprint density at radius 2 is 1.85 bits per heavy atom. The molecule has 1 aliphatic heterocycles. The van der Waals surface area contributed by atoms with Gasteiger partial charge in [-0.3, -0.25) is 9.59 Å². The quantitative estimate of drug-likeness (QED) is 0.785. The van der Waals surface area contributed by atoms with Crippen molar-refractivity contribution in [3.63, 3.8) is 0 Å². The van der Waals surface area contributed by atoms with Crippen LogP contribution in [0.5, 0.6) is 5.88 Å². The average Bonchev–Trinajstić information content (AvgIpc) is 2.73. The Morgan fingerprint density at radius 3 is 2.48 bits per heavy atom. The smallest absolute Gasteiger partial charge is 0.260 e. The number of hydrogen-bond donors (Lipinski definition) is 0. The minimum atomic E-state index is -0.139. The molecule has 1 aromatic carbocycles. The minimum absolute atomic E-state index is 0.0349. The van der Waals surface area contributed by atoms with Gasteiger partial charge in [-0.15, -0.1) is 10.2 Å². The van der Waals surface area contributed by atoms with Crippen molar-refractivity contribution >= 4 is 23.4 Å². The number of halogens is 1. The van der Waals surface area contributed by atoms with Gasteiger partial charge in [-0.2, -0.15) is 0 Å². The molecule has 0 saturated carbocycles. The molecule has 0 atom stereocenters. The molecule has 3 rings (SSSR count). The van der Waals surface area contributed by atoms with E-state index >= 15 is 0 Å². The summed E-state index contributed by atoms with van der Waals surface area (Å²) in [4.78, 5) is 28.4. The van der Waals surface area contributed by atoms with Crippen molar-refractivity contribution in [2.45, 2.75) is 18.9 Å². The van der Waals surface area contributed by atoms with E-state index in [1.807, 2.05) is 35.2 Å². The highest BCUT2D eigenvalue weighted by Gasteiger charge is 2.28. The van der Waals surface area contributed by atoms with E-state index in [0.717, 1.165) is 12.8 Å². The van der Waals surface area contributed by atoms with E-state index in [2.05, 4.69) is 10.2 Å². The maximum absolute atomic E-state index is 12.5. The van der Waals surface area contributed by atoms with Gasteiger partial charge in [0.1, 0.15) is 0 Å². The first kappa shape index (κ1) is 19.1. The van der Waals surface area contributed by atoms with Gasteiger partial charge < -0.3 is 14.5 Å². The molecule has 1 aliphatic rings. The molecular weight excluding hydrogens is 368 g/mol. The molecule has 0 bridgehead atoms.